The zero-order valence-corrected chi connectivity index (χ0v) is 19.8. The molecular formula is C31H32N2O2. The summed E-state index contributed by atoms with van der Waals surface area (Å²) in [4.78, 5) is 13.1. The van der Waals surface area contributed by atoms with Gasteiger partial charge in [0.2, 0.25) is 0 Å². The van der Waals surface area contributed by atoms with Gasteiger partial charge in [-0.1, -0.05) is 97.1 Å². The Kier molecular flexibility index (Phi) is 8.44. The molecule has 0 fully saturated rings. The van der Waals surface area contributed by atoms with Crippen LogP contribution in [0.1, 0.15) is 27.0 Å². The third kappa shape index (κ3) is 6.89. The highest BCUT2D eigenvalue weighted by Crippen LogP contribution is 2.18. The Balaban J connectivity index is 1.55. The van der Waals surface area contributed by atoms with Crippen molar-refractivity contribution in [3.63, 3.8) is 0 Å². The zero-order valence-electron chi connectivity index (χ0n) is 19.8. The fourth-order valence-corrected chi connectivity index (χ4v) is 4.28. The van der Waals surface area contributed by atoms with Crippen LogP contribution in [0.5, 0.6) is 0 Å². The average molecular weight is 465 g/mol. The van der Waals surface area contributed by atoms with Crippen molar-refractivity contribution in [2.24, 2.45) is 11.7 Å². The minimum absolute atomic E-state index is 0.0334. The summed E-state index contributed by atoms with van der Waals surface area (Å²) in [7, 11) is 0. The minimum Gasteiger partial charge on any atom is -0.396 e. The van der Waals surface area contributed by atoms with Crippen molar-refractivity contribution in [1.82, 2.24) is 5.32 Å². The van der Waals surface area contributed by atoms with Crippen LogP contribution in [0.15, 0.2) is 109 Å². The van der Waals surface area contributed by atoms with Gasteiger partial charge in [-0.05, 0) is 52.4 Å². The molecular weight excluding hydrogens is 432 g/mol. The predicted molar refractivity (Wildman–Crippen MR) is 143 cm³/mol. The van der Waals surface area contributed by atoms with Gasteiger partial charge in [0.05, 0.1) is 6.04 Å². The van der Waals surface area contributed by atoms with Gasteiger partial charge in [0, 0.05) is 24.6 Å². The minimum atomic E-state index is -0.227. The van der Waals surface area contributed by atoms with Crippen LogP contribution in [0.4, 0.5) is 0 Å². The number of hydrogen-bond acceptors (Lipinski definition) is 3. The fourth-order valence-electron chi connectivity index (χ4n) is 4.28. The SMILES string of the molecule is NCc1cccc(C(=O)N[C@@H](C=CC(CO)Cc2ccccc2)Cc2ccc3ccccc3c2)c1. The summed E-state index contributed by atoms with van der Waals surface area (Å²) < 4.78 is 0. The maximum absolute atomic E-state index is 13.1. The first-order valence-corrected chi connectivity index (χ1v) is 12.1. The number of carbonyl (C=O) groups excluding carboxylic acids is 1. The van der Waals surface area contributed by atoms with E-state index < -0.39 is 0 Å². The second-order valence-electron chi connectivity index (χ2n) is 8.89. The smallest absolute Gasteiger partial charge is 0.251 e. The van der Waals surface area contributed by atoms with Gasteiger partial charge in [0.1, 0.15) is 0 Å². The monoisotopic (exact) mass is 464 g/mol. The number of nitrogens with one attached hydrogen (secondary N) is 1. The normalized spacial score (nSPS) is 13.1. The first-order chi connectivity index (χ1) is 17.1. The molecule has 0 radical (unpaired) electrons. The number of aliphatic hydroxyl groups is 1. The van der Waals surface area contributed by atoms with E-state index in [9.17, 15) is 9.90 Å². The number of fused-ring (bicyclic) bond motifs is 1. The maximum Gasteiger partial charge on any atom is 0.251 e. The van der Waals surface area contributed by atoms with Gasteiger partial charge >= 0.3 is 0 Å². The summed E-state index contributed by atoms with van der Waals surface area (Å²) in [5, 5.41) is 15.5. The van der Waals surface area contributed by atoms with Gasteiger partial charge in [-0.25, -0.2) is 0 Å². The Bertz CT molecular complexity index is 1280. The molecule has 1 unspecified atom stereocenters. The van der Waals surface area contributed by atoms with Gasteiger partial charge in [-0.3, -0.25) is 4.79 Å². The number of benzene rings is 4. The van der Waals surface area contributed by atoms with E-state index in [4.69, 9.17) is 5.73 Å². The van der Waals surface area contributed by atoms with E-state index in [1.165, 1.54) is 16.3 Å². The van der Waals surface area contributed by atoms with Crippen LogP contribution in [-0.2, 0) is 19.4 Å². The molecule has 0 heterocycles. The van der Waals surface area contributed by atoms with Gasteiger partial charge in [-0.15, -0.1) is 0 Å². The molecule has 0 aliphatic rings. The first kappa shape index (κ1) is 24.4. The van der Waals surface area contributed by atoms with E-state index in [0.29, 0.717) is 18.5 Å². The lowest BCUT2D eigenvalue weighted by atomic mass is 9.96. The molecule has 0 spiro atoms. The molecule has 0 aromatic heterocycles. The summed E-state index contributed by atoms with van der Waals surface area (Å²) in [6.45, 7) is 0.430. The lowest BCUT2D eigenvalue weighted by Crippen LogP contribution is -2.35. The molecule has 2 atom stereocenters. The molecule has 4 heteroatoms. The maximum atomic E-state index is 13.1. The molecule has 0 aliphatic heterocycles. The van der Waals surface area contributed by atoms with E-state index in [0.717, 1.165) is 17.5 Å². The molecule has 0 saturated carbocycles. The topological polar surface area (TPSA) is 75.4 Å². The molecule has 4 rings (SSSR count). The molecule has 0 saturated heterocycles. The van der Waals surface area contributed by atoms with Crippen LogP contribution in [0.25, 0.3) is 10.8 Å². The third-order valence-corrected chi connectivity index (χ3v) is 6.20. The molecule has 178 valence electrons. The summed E-state index contributed by atoms with van der Waals surface area (Å²) in [6, 6.07) is 32.0. The predicted octanol–water partition coefficient (Wildman–Crippen LogP) is 5.05. The molecule has 35 heavy (non-hydrogen) atoms. The summed E-state index contributed by atoms with van der Waals surface area (Å²) in [6.07, 6.45) is 5.43. The van der Waals surface area contributed by atoms with Gasteiger partial charge < -0.3 is 16.2 Å². The second-order valence-corrected chi connectivity index (χ2v) is 8.89. The molecule has 4 nitrogen and oxygen atoms in total. The first-order valence-electron chi connectivity index (χ1n) is 12.1. The number of amides is 1. The number of nitrogens with two attached hydrogens (primary N) is 1. The molecule has 4 aromatic carbocycles. The van der Waals surface area contributed by atoms with Crippen molar-refractivity contribution in [3.05, 3.63) is 131 Å². The van der Waals surface area contributed by atoms with Crippen LogP contribution >= 0.6 is 0 Å². The van der Waals surface area contributed by atoms with Crippen molar-refractivity contribution in [2.45, 2.75) is 25.4 Å². The lowest BCUT2D eigenvalue weighted by molar-refractivity contribution is 0.0944. The van der Waals surface area contributed by atoms with Gasteiger partial charge in [-0.2, -0.15) is 0 Å². The molecule has 4 aromatic rings. The fraction of sp³-hybridized carbons (Fsp3) is 0.194. The Morgan fingerprint density at radius 3 is 2.29 bits per heavy atom. The van der Waals surface area contributed by atoms with E-state index in [1.807, 2.05) is 60.7 Å². The van der Waals surface area contributed by atoms with Gasteiger partial charge in [0.15, 0.2) is 0 Å². The van der Waals surface area contributed by atoms with E-state index >= 15 is 0 Å². The Morgan fingerprint density at radius 1 is 0.771 bits per heavy atom. The Morgan fingerprint density at radius 2 is 1.51 bits per heavy atom. The van der Waals surface area contributed by atoms with E-state index in [-0.39, 0.29) is 24.5 Å². The highest BCUT2D eigenvalue weighted by molar-refractivity contribution is 5.94. The van der Waals surface area contributed by atoms with Gasteiger partial charge in [0.25, 0.3) is 5.91 Å². The third-order valence-electron chi connectivity index (χ3n) is 6.20. The van der Waals surface area contributed by atoms with Crippen LogP contribution in [0.2, 0.25) is 0 Å². The molecule has 4 N–H and O–H groups in total. The summed E-state index contributed by atoms with van der Waals surface area (Å²) in [5.74, 6) is -0.173. The quantitative estimate of drug-likeness (QED) is 0.288. The Hall–Kier alpha value is -3.73. The Labute approximate surface area is 207 Å². The van der Waals surface area contributed by atoms with E-state index in [2.05, 4.69) is 47.8 Å². The van der Waals surface area contributed by atoms with Crippen LogP contribution < -0.4 is 11.1 Å². The standard InChI is InChI=1S/C31H32N2O2/c32-21-25-9-6-12-29(19-25)31(35)33-30(16-14-26(22-34)17-23-7-2-1-3-8-23)20-24-13-15-27-10-4-5-11-28(27)18-24/h1-16,18-19,26,30,34H,17,20-22,32H2,(H,33,35)/t26?,30-/m0/s1. The number of carbonyl (C=O) groups is 1. The van der Waals surface area contributed by atoms with Crippen molar-refractivity contribution >= 4 is 16.7 Å². The summed E-state index contributed by atoms with van der Waals surface area (Å²) >= 11 is 0. The average Bonchev–Trinajstić information content (AvgIpc) is 2.91. The number of rotatable bonds is 10. The number of hydrogen-bond donors (Lipinski definition) is 3. The zero-order chi connectivity index (χ0) is 24.5. The highest BCUT2D eigenvalue weighted by Gasteiger charge is 2.14. The molecule has 0 bridgehead atoms. The molecule has 0 aliphatic carbocycles. The van der Waals surface area contributed by atoms with Crippen molar-refractivity contribution in [2.75, 3.05) is 6.61 Å². The highest BCUT2D eigenvalue weighted by atomic mass is 16.3. The second kappa shape index (κ2) is 12.1. The van der Waals surface area contributed by atoms with Crippen LogP contribution in [-0.4, -0.2) is 23.7 Å². The van der Waals surface area contributed by atoms with E-state index in [1.54, 1.807) is 6.07 Å². The number of aliphatic hydroxyl groups excluding tert-OH is 1. The van der Waals surface area contributed by atoms with Crippen LogP contribution in [0.3, 0.4) is 0 Å². The largest absolute Gasteiger partial charge is 0.396 e. The summed E-state index contributed by atoms with van der Waals surface area (Å²) in [5.41, 5.74) is 9.58. The molecule has 1 amide bonds. The lowest BCUT2D eigenvalue weighted by Gasteiger charge is -2.18. The van der Waals surface area contributed by atoms with Crippen LogP contribution in [0, 0.1) is 5.92 Å². The van der Waals surface area contributed by atoms with Crippen molar-refractivity contribution in [3.8, 4) is 0 Å². The van der Waals surface area contributed by atoms with Crippen molar-refractivity contribution < 1.29 is 9.90 Å². The van der Waals surface area contributed by atoms with Crippen molar-refractivity contribution in [1.29, 1.82) is 0 Å².